The average molecular weight is 247 g/mol. The summed E-state index contributed by atoms with van der Waals surface area (Å²) in [6.07, 6.45) is 2.08. The van der Waals surface area contributed by atoms with Gasteiger partial charge in [-0.3, -0.25) is 0 Å². The number of esters is 1. The zero-order valence-electron chi connectivity index (χ0n) is 9.60. The molecule has 1 aliphatic rings. The van der Waals surface area contributed by atoms with E-state index < -0.39 is 0 Å². The molecule has 3 rings (SSSR count). The van der Waals surface area contributed by atoms with Crippen molar-refractivity contribution in [3.05, 3.63) is 34.8 Å². The topological polar surface area (TPSA) is 31.2 Å². The minimum Gasteiger partial charge on any atom is -0.465 e. The summed E-state index contributed by atoms with van der Waals surface area (Å²) < 4.78 is 7.09. The van der Waals surface area contributed by atoms with Crippen LogP contribution in [0.2, 0.25) is 0 Å². The van der Waals surface area contributed by atoms with Crippen LogP contribution >= 0.6 is 11.3 Å². The molecule has 3 heterocycles. The molecule has 0 saturated heterocycles. The lowest BCUT2D eigenvalue weighted by atomic mass is 10.2. The number of aromatic nitrogens is 1. The Bertz CT molecular complexity index is 554. The lowest BCUT2D eigenvalue weighted by Crippen LogP contribution is -2.03. The fourth-order valence-electron chi connectivity index (χ4n) is 2.43. The molecule has 0 N–H and O–H groups in total. The fraction of sp³-hybridized carbons (Fsp3) is 0.308. The Labute approximate surface area is 104 Å². The summed E-state index contributed by atoms with van der Waals surface area (Å²) in [6, 6.07) is 6.09. The quantitative estimate of drug-likeness (QED) is 0.764. The van der Waals surface area contributed by atoms with Crippen LogP contribution < -0.4 is 0 Å². The Kier molecular flexibility index (Phi) is 2.52. The molecule has 88 valence electrons. The van der Waals surface area contributed by atoms with Crippen molar-refractivity contribution in [2.45, 2.75) is 19.4 Å². The van der Waals surface area contributed by atoms with Crippen molar-refractivity contribution in [2.75, 3.05) is 7.11 Å². The SMILES string of the molecule is COC(=O)c1cc(-c2cccs2)n2c1CCC2. The van der Waals surface area contributed by atoms with Crippen LogP contribution in [0.4, 0.5) is 0 Å². The summed E-state index contributed by atoms with van der Waals surface area (Å²) in [4.78, 5) is 12.9. The van der Waals surface area contributed by atoms with E-state index in [1.807, 2.05) is 12.1 Å². The first-order valence-corrected chi connectivity index (χ1v) is 6.54. The number of rotatable bonds is 2. The number of thiophene rings is 1. The predicted octanol–water partition coefficient (Wildman–Crippen LogP) is 2.95. The summed E-state index contributed by atoms with van der Waals surface area (Å²) in [5.41, 5.74) is 3.00. The number of carbonyl (C=O) groups excluding carboxylic acids is 1. The minimum absolute atomic E-state index is 0.224. The highest BCUT2D eigenvalue weighted by atomic mass is 32.1. The monoisotopic (exact) mass is 247 g/mol. The fourth-order valence-corrected chi connectivity index (χ4v) is 3.18. The van der Waals surface area contributed by atoms with E-state index in [2.05, 4.69) is 16.0 Å². The van der Waals surface area contributed by atoms with Gasteiger partial charge in [0.15, 0.2) is 0 Å². The molecule has 4 heteroatoms. The number of methoxy groups -OCH3 is 1. The summed E-state index contributed by atoms with van der Waals surface area (Å²) >= 11 is 1.70. The van der Waals surface area contributed by atoms with E-state index in [0.29, 0.717) is 0 Å². The van der Waals surface area contributed by atoms with Crippen LogP contribution in [0.5, 0.6) is 0 Å². The summed E-state index contributed by atoms with van der Waals surface area (Å²) in [5.74, 6) is -0.224. The number of nitrogens with zero attached hydrogens (tertiary/aromatic N) is 1. The molecule has 0 fully saturated rings. The molecule has 2 aromatic rings. The number of hydrogen-bond donors (Lipinski definition) is 0. The first-order valence-electron chi connectivity index (χ1n) is 5.66. The highest BCUT2D eigenvalue weighted by Crippen LogP contribution is 2.33. The van der Waals surface area contributed by atoms with E-state index in [4.69, 9.17) is 4.74 Å². The van der Waals surface area contributed by atoms with Crippen molar-refractivity contribution in [3.63, 3.8) is 0 Å². The molecule has 0 aromatic carbocycles. The number of fused-ring (bicyclic) bond motifs is 1. The predicted molar refractivity (Wildman–Crippen MR) is 67.4 cm³/mol. The van der Waals surface area contributed by atoms with E-state index in [-0.39, 0.29) is 5.97 Å². The van der Waals surface area contributed by atoms with Gasteiger partial charge in [-0.2, -0.15) is 0 Å². The van der Waals surface area contributed by atoms with Gasteiger partial charge < -0.3 is 9.30 Å². The van der Waals surface area contributed by atoms with Crippen molar-refractivity contribution >= 4 is 17.3 Å². The molecule has 0 spiro atoms. The zero-order chi connectivity index (χ0) is 11.8. The molecule has 1 aliphatic heterocycles. The third kappa shape index (κ3) is 1.60. The van der Waals surface area contributed by atoms with Crippen LogP contribution in [0.1, 0.15) is 22.5 Å². The Hall–Kier alpha value is -1.55. The minimum atomic E-state index is -0.224. The van der Waals surface area contributed by atoms with Crippen LogP contribution in [-0.2, 0) is 17.7 Å². The molecule has 0 atom stereocenters. The van der Waals surface area contributed by atoms with Gasteiger partial charge in [0.25, 0.3) is 0 Å². The molecule has 3 nitrogen and oxygen atoms in total. The second-order valence-electron chi connectivity index (χ2n) is 4.11. The molecule has 17 heavy (non-hydrogen) atoms. The Morgan fingerprint density at radius 3 is 3.12 bits per heavy atom. The van der Waals surface area contributed by atoms with Crippen molar-refractivity contribution in [1.29, 1.82) is 0 Å². The number of carbonyl (C=O) groups is 1. The normalized spacial score (nSPS) is 13.7. The van der Waals surface area contributed by atoms with E-state index in [1.54, 1.807) is 11.3 Å². The molecular formula is C13H13NO2S. The van der Waals surface area contributed by atoms with Crippen molar-refractivity contribution in [3.8, 4) is 10.6 Å². The van der Waals surface area contributed by atoms with Crippen LogP contribution in [-0.4, -0.2) is 17.6 Å². The van der Waals surface area contributed by atoms with Gasteiger partial charge in [0.05, 0.1) is 23.2 Å². The van der Waals surface area contributed by atoms with Gasteiger partial charge in [-0.05, 0) is 30.4 Å². The van der Waals surface area contributed by atoms with Crippen LogP contribution in [0.3, 0.4) is 0 Å². The van der Waals surface area contributed by atoms with Gasteiger partial charge in [0.1, 0.15) is 0 Å². The Morgan fingerprint density at radius 2 is 2.41 bits per heavy atom. The first kappa shape index (κ1) is 10.6. The maximum absolute atomic E-state index is 11.7. The summed E-state index contributed by atoms with van der Waals surface area (Å²) in [5, 5.41) is 2.06. The van der Waals surface area contributed by atoms with E-state index in [0.717, 1.165) is 36.3 Å². The maximum Gasteiger partial charge on any atom is 0.339 e. The van der Waals surface area contributed by atoms with Gasteiger partial charge >= 0.3 is 5.97 Å². The highest BCUT2D eigenvalue weighted by molar-refractivity contribution is 7.13. The van der Waals surface area contributed by atoms with Gasteiger partial charge in [0.2, 0.25) is 0 Å². The molecule has 0 bridgehead atoms. The van der Waals surface area contributed by atoms with Crippen molar-refractivity contribution in [2.24, 2.45) is 0 Å². The Morgan fingerprint density at radius 1 is 1.53 bits per heavy atom. The third-order valence-electron chi connectivity index (χ3n) is 3.18. The van der Waals surface area contributed by atoms with Gasteiger partial charge in [-0.15, -0.1) is 11.3 Å². The van der Waals surface area contributed by atoms with Gasteiger partial charge in [-0.25, -0.2) is 4.79 Å². The van der Waals surface area contributed by atoms with E-state index in [1.165, 1.54) is 12.0 Å². The van der Waals surface area contributed by atoms with E-state index in [9.17, 15) is 4.79 Å². The largest absolute Gasteiger partial charge is 0.465 e. The summed E-state index contributed by atoms with van der Waals surface area (Å²) in [7, 11) is 1.44. The molecular weight excluding hydrogens is 234 g/mol. The van der Waals surface area contributed by atoms with Crippen LogP contribution in [0.15, 0.2) is 23.6 Å². The van der Waals surface area contributed by atoms with Crippen LogP contribution in [0.25, 0.3) is 10.6 Å². The second-order valence-corrected chi connectivity index (χ2v) is 5.06. The standard InChI is InChI=1S/C13H13NO2S/c1-16-13(15)9-8-11(12-5-3-7-17-12)14-6-2-4-10(9)14/h3,5,7-8H,2,4,6H2,1H3. The smallest absolute Gasteiger partial charge is 0.339 e. The van der Waals surface area contributed by atoms with Gasteiger partial charge in [-0.1, -0.05) is 6.07 Å². The molecule has 0 radical (unpaired) electrons. The third-order valence-corrected chi connectivity index (χ3v) is 4.08. The molecule has 2 aromatic heterocycles. The molecule has 0 saturated carbocycles. The second kappa shape index (κ2) is 4.04. The Balaban J connectivity index is 2.15. The lowest BCUT2D eigenvalue weighted by Gasteiger charge is -2.02. The van der Waals surface area contributed by atoms with E-state index >= 15 is 0 Å². The van der Waals surface area contributed by atoms with Crippen molar-refractivity contribution < 1.29 is 9.53 Å². The molecule has 0 aliphatic carbocycles. The maximum atomic E-state index is 11.7. The highest BCUT2D eigenvalue weighted by Gasteiger charge is 2.24. The van der Waals surface area contributed by atoms with Crippen molar-refractivity contribution in [1.82, 2.24) is 4.57 Å². The number of hydrogen-bond acceptors (Lipinski definition) is 3. The summed E-state index contributed by atoms with van der Waals surface area (Å²) in [6.45, 7) is 1.000. The zero-order valence-corrected chi connectivity index (χ0v) is 10.4. The van der Waals surface area contributed by atoms with Gasteiger partial charge in [0, 0.05) is 12.2 Å². The number of ether oxygens (including phenoxy) is 1. The molecule has 0 unspecified atom stereocenters. The lowest BCUT2D eigenvalue weighted by molar-refractivity contribution is 0.0599. The average Bonchev–Trinajstić information content (AvgIpc) is 3.03. The first-order chi connectivity index (χ1) is 8.31. The molecule has 0 amide bonds. The van der Waals surface area contributed by atoms with Crippen LogP contribution in [0, 0.1) is 0 Å².